The zero-order valence-electron chi connectivity index (χ0n) is 9.98. The average molecular weight is 217 g/mol. The lowest BCUT2D eigenvalue weighted by atomic mass is 10.2. The van der Waals surface area contributed by atoms with Crippen LogP contribution in [0.25, 0.3) is 10.9 Å². The minimum absolute atomic E-state index is 0.703. The summed E-state index contributed by atoms with van der Waals surface area (Å²) in [4.78, 5) is 0. The van der Waals surface area contributed by atoms with E-state index in [0.29, 0.717) is 5.92 Å². The largest absolute Gasteiger partial charge is 0.315 e. The van der Waals surface area contributed by atoms with E-state index >= 15 is 0 Å². The van der Waals surface area contributed by atoms with Gasteiger partial charge in [-0.05, 0) is 18.5 Å². The molecular formula is C13H19N3. The molecule has 0 spiro atoms. The van der Waals surface area contributed by atoms with Crippen molar-refractivity contribution in [3.63, 3.8) is 0 Å². The minimum atomic E-state index is 0.703. The van der Waals surface area contributed by atoms with Crippen LogP contribution in [0.5, 0.6) is 0 Å². The van der Waals surface area contributed by atoms with E-state index in [4.69, 9.17) is 0 Å². The van der Waals surface area contributed by atoms with Gasteiger partial charge in [-0.3, -0.25) is 4.68 Å². The van der Waals surface area contributed by atoms with Gasteiger partial charge < -0.3 is 5.32 Å². The van der Waals surface area contributed by atoms with Crippen molar-refractivity contribution in [2.24, 2.45) is 5.92 Å². The Morgan fingerprint density at radius 2 is 2.12 bits per heavy atom. The van der Waals surface area contributed by atoms with Crippen LogP contribution in [0.15, 0.2) is 30.5 Å². The van der Waals surface area contributed by atoms with E-state index in [1.807, 2.05) is 12.3 Å². The summed E-state index contributed by atoms with van der Waals surface area (Å²) in [5.74, 6) is 0.703. The maximum absolute atomic E-state index is 4.39. The first-order chi connectivity index (χ1) is 7.77. The second kappa shape index (κ2) is 5.12. The Bertz CT molecular complexity index is 445. The second-order valence-electron chi connectivity index (χ2n) is 4.52. The molecule has 0 aliphatic carbocycles. The number of para-hydroxylation sites is 1. The maximum Gasteiger partial charge on any atom is 0.0682 e. The van der Waals surface area contributed by atoms with Crippen LogP contribution < -0.4 is 5.32 Å². The highest BCUT2D eigenvalue weighted by Crippen LogP contribution is 2.11. The van der Waals surface area contributed by atoms with Gasteiger partial charge in [-0.2, -0.15) is 5.10 Å². The molecule has 0 aliphatic rings. The number of hydrogen-bond donors (Lipinski definition) is 1. The monoisotopic (exact) mass is 217 g/mol. The molecule has 2 aromatic rings. The predicted octanol–water partition coefficient (Wildman–Crippen LogP) is 2.28. The van der Waals surface area contributed by atoms with E-state index in [-0.39, 0.29) is 0 Å². The van der Waals surface area contributed by atoms with Gasteiger partial charge in [0, 0.05) is 11.9 Å². The van der Waals surface area contributed by atoms with Crippen LogP contribution in [0.3, 0.4) is 0 Å². The molecule has 2 rings (SSSR count). The molecule has 0 radical (unpaired) electrons. The van der Waals surface area contributed by atoms with Gasteiger partial charge in [0.15, 0.2) is 0 Å². The first-order valence-electron chi connectivity index (χ1n) is 5.88. The van der Waals surface area contributed by atoms with Crippen LogP contribution in [0.2, 0.25) is 0 Å². The third-order valence-corrected chi connectivity index (χ3v) is 2.60. The lowest BCUT2D eigenvalue weighted by Gasteiger charge is -2.07. The first kappa shape index (κ1) is 11.1. The first-order valence-corrected chi connectivity index (χ1v) is 5.88. The molecule has 0 atom stereocenters. The van der Waals surface area contributed by atoms with Gasteiger partial charge >= 0.3 is 0 Å². The van der Waals surface area contributed by atoms with Crippen molar-refractivity contribution in [1.29, 1.82) is 0 Å². The Balaban J connectivity index is 1.94. The fourth-order valence-corrected chi connectivity index (χ4v) is 1.78. The van der Waals surface area contributed by atoms with Crippen molar-refractivity contribution in [2.45, 2.75) is 20.4 Å². The summed E-state index contributed by atoms with van der Waals surface area (Å²) in [5.41, 5.74) is 1.22. The highest BCUT2D eigenvalue weighted by atomic mass is 15.3. The summed E-state index contributed by atoms with van der Waals surface area (Å²) in [6.45, 7) is 7.41. The molecule has 3 heteroatoms. The van der Waals surface area contributed by atoms with Gasteiger partial charge in [-0.25, -0.2) is 0 Å². The molecule has 0 aliphatic heterocycles. The van der Waals surface area contributed by atoms with Crippen molar-refractivity contribution in [3.8, 4) is 0 Å². The lowest BCUT2D eigenvalue weighted by molar-refractivity contribution is 0.512. The normalized spacial score (nSPS) is 11.4. The Morgan fingerprint density at radius 1 is 1.31 bits per heavy atom. The average Bonchev–Trinajstić information content (AvgIpc) is 2.68. The summed E-state index contributed by atoms with van der Waals surface area (Å²) < 4.78 is 2.06. The van der Waals surface area contributed by atoms with Crippen molar-refractivity contribution in [3.05, 3.63) is 30.5 Å². The second-order valence-corrected chi connectivity index (χ2v) is 4.52. The highest BCUT2D eigenvalue weighted by molar-refractivity contribution is 5.78. The van der Waals surface area contributed by atoms with Gasteiger partial charge in [0.1, 0.15) is 0 Å². The molecule has 0 fully saturated rings. The Labute approximate surface area is 96.5 Å². The van der Waals surface area contributed by atoms with E-state index in [2.05, 4.69) is 47.1 Å². The summed E-state index contributed by atoms with van der Waals surface area (Å²) in [6, 6.07) is 8.32. The van der Waals surface area contributed by atoms with E-state index in [1.54, 1.807) is 0 Å². The van der Waals surface area contributed by atoms with Gasteiger partial charge in [0.05, 0.1) is 18.3 Å². The summed E-state index contributed by atoms with van der Waals surface area (Å²) >= 11 is 0. The van der Waals surface area contributed by atoms with Gasteiger partial charge in [-0.1, -0.05) is 32.0 Å². The molecule has 1 N–H and O–H groups in total. The summed E-state index contributed by atoms with van der Waals surface area (Å²) in [6.07, 6.45) is 1.93. The molecule has 0 unspecified atom stereocenters. The SMILES string of the molecule is CC(C)CNCCn1ncc2ccccc21. The van der Waals surface area contributed by atoms with Crippen LogP contribution >= 0.6 is 0 Å². The zero-order chi connectivity index (χ0) is 11.4. The fraction of sp³-hybridized carbons (Fsp3) is 0.462. The van der Waals surface area contributed by atoms with E-state index in [9.17, 15) is 0 Å². The van der Waals surface area contributed by atoms with E-state index < -0.39 is 0 Å². The third kappa shape index (κ3) is 2.61. The van der Waals surface area contributed by atoms with Crippen LogP contribution in [0.4, 0.5) is 0 Å². The molecule has 86 valence electrons. The predicted molar refractivity (Wildman–Crippen MR) is 67.4 cm³/mol. The summed E-state index contributed by atoms with van der Waals surface area (Å²) in [7, 11) is 0. The molecule has 0 bridgehead atoms. The van der Waals surface area contributed by atoms with Crippen molar-refractivity contribution in [1.82, 2.24) is 15.1 Å². The zero-order valence-corrected chi connectivity index (χ0v) is 9.98. The molecule has 1 aromatic carbocycles. The summed E-state index contributed by atoms with van der Waals surface area (Å²) in [5, 5.41) is 9.03. The highest BCUT2D eigenvalue weighted by Gasteiger charge is 2.00. The molecule has 0 saturated heterocycles. The van der Waals surface area contributed by atoms with Crippen LogP contribution in [-0.4, -0.2) is 22.9 Å². The number of benzene rings is 1. The van der Waals surface area contributed by atoms with Crippen LogP contribution in [-0.2, 0) is 6.54 Å². The lowest BCUT2D eigenvalue weighted by Crippen LogP contribution is -2.24. The Hall–Kier alpha value is -1.35. The number of rotatable bonds is 5. The molecule has 3 nitrogen and oxygen atoms in total. The smallest absolute Gasteiger partial charge is 0.0682 e. The molecule has 16 heavy (non-hydrogen) atoms. The molecule has 1 aromatic heterocycles. The Morgan fingerprint density at radius 3 is 2.94 bits per heavy atom. The molecule has 1 heterocycles. The standard InChI is InChI=1S/C13H19N3/c1-11(2)9-14-7-8-16-13-6-4-3-5-12(13)10-15-16/h3-6,10-11,14H,7-9H2,1-2H3. The molecular weight excluding hydrogens is 198 g/mol. The maximum atomic E-state index is 4.39. The van der Waals surface area contributed by atoms with Crippen LogP contribution in [0.1, 0.15) is 13.8 Å². The number of nitrogens with zero attached hydrogens (tertiary/aromatic N) is 2. The van der Waals surface area contributed by atoms with Crippen molar-refractivity contribution in [2.75, 3.05) is 13.1 Å². The van der Waals surface area contributed by atoms with Gasteiger partial charge in [0.25, 0.3) is 0 Å². The third-order valence-electron chi connectivity index (χ3n) is 2.60. The molecule has 0 saturated carbocycles. The van der Waals surface area contributed by atoms with Gasteiger partial charge in [-0.15, -0.1) is 0 Å². The number of hydrogen-bond acceptors (Lipinski definition) is 2. The van der Waals surface area contributed by atoms with E-state index in [0.717, 1.165) is 19.6 Å². The van der Waals surface area contributed by atoms with Crippen molar-refractivity contribution >= 4 is 10.9 Å². The van der Waals surface area contributed by atoms with Crippen LogP contribution in [0, 0.1) is 5.92 Å². The Kier molecular flexibility index (Phi) is 3.57. The quantitative estimate of drug-likeness (QED) is 0.779. The topological polar surface area (TPSA) is 29.9 Å². The van der Waals surface area contributed by atoms with E-state index in [1.165, 1.54) is 10.9 Å². The molecule has 0 amide bonds. The number of fused-ring (bicyclic) bond motifs is 1. The number of nitrogens with one attached hydrogen (secondary N) is 1. The fourth-order valence-electron chi connectivity index (χ4n) is 1.78. The number of aromatic nitrogens is 2. The minimum Gasteiger partial charge on any atom is -0.315 e. The van der Waals surface area contributed by atoms with Crippen molar-refractivity contribution < 1.29 is 0 Å². The van der Waals surface area contributed by atoms with Gasteiger partial charge in [0.2, 0.25) is 0 Å².